The minimum atomic E-state index is -0.605. The molecule has 3 amide bonds. The molecule has 29 heteroatoms. The lowest BCUT2D eigenvalue weighted by molar-refractivity contribution is -0.134. The Morgan fingerprint density at radius 3 is 1.27 bits per heavy atom. The van der Waals surface area contributed by atoms with E-state index in [2.05, 4.69) is 74.2 Å². The number of carbonyl (C=O) groups is 7. The van der Waals surface area contributed by atoms with Crippen LogP contribution in [0, 0.1) is 5.92 Å². The minimum absolute atomic E-state index is 0. The zero-order valence-electron chi connectivity index (χ0n) is 59.5. The zero-order chi connectivity index (χ0) is 73.0. The maximum absolute atomic E-state index is 12.9. The van der Waals surface area contributed by atoms with E-state index in [0.717, 1.165) is 89.9 Å². The van der Waals surface area contributed by atoms with Crippen molar-refractivity contribution in [3.63, 3.8) is 0 Å². The number of aryl methyl sites for hydroxylation is 1. The van der Waals surface area contributed by atoms with Gasteiger partial charge in [0.2, 0.25) is 11.8 Å². The molecule has 0 saturated carbocycles. The second-order valence-corrected chi connectivity index (χ2v) is 25.7. The van der Waals surface area contributed by atoms with Crippen LogP contribution < -0.4 is 34.5 Å². The third-order valence-corrected chi connectivity index (χ3v) is 18.3. The molecule has 104 heavy (non-hydrogen) atoms. The summed E-state index contributed by atoms with van der Waals surface area (Å²) in [5.74, 6) is 1.76. The predicted molar refractivity (Wildman–Crippen MR) is 427 cm³/mol. The monoisotopic (exact) mass is 1700 g/mol. The number of benzene rings is 7. The van der Waals surface area contributed by atoms with Crippen LogP contribution in [-0.2, 0) is 72.8 Å². The van der Waals surface area contributed by atoms with Gasteiger partial charge in [-0.15, -0.1) is 0 Å². The van der Waals surface area contributed by atoms with Crippen LogP contribution in [0.3, 0.4) is 0 Å². The predicted octanol–water partition coefficient (Wildman–Crippen LogP) is 12.7. The molecule has 0 aliphatic carbocycles. The van der Waals surface area contributed by atoms with Gasteiger partial charge in [0.15, 0.2) is 0 Å². The normalized spacial score (nSPS) is 14.5. The van der Waals surface area contributed by atoms with Gasteiger partial charge in [-0.2, -0.15) is 54.0 Å². The Balaban J connectivity index is 0.000000450. The fourth-order valence-corrected chi connectivity index (χ4v) is 12.1. The smallest absolute Gasteiger partial charge is 0.337 e. The van der Waals surface area contributed by atoms with Crippen molar-refractivity contribution in [3.05, 3.63) is 215 Å². The number of amides is 3. The highest BCUT2D eigenvalue weighted by atomic mass is 79.9. The summed E-state index contributed by atoms with van der Waals surface area (Å²) < 4.78 is 48.0. The fourth-order valence-electron chi connectivity index (χ4n) is 10.1. The number of hydroxylamine groups is 1. The van der Waals surface area contributed by atoms with E-state index in [1.54, 1.807) is 91.3 Å². The first-order chi connectivity index (χ1) is 48.0. The summed E-state index contributed by atoms with van der Waals surface area (Å²) >= 11 is 10.2. The number of esters is 4. The number of hydrogen-bond donors (Lipinski definition) is 4. The molecule has 7 aromatic carbocycles. The molecule has 0 unspecified atom stereocenters. The van der Waals surface area contributed by atoms with Gasteiger partial charge in [0.05, 0.1) is 89.8 Å². The molecule has 0 bridgehead atoms. The number of methoxy groups -OCH3 is 6. The first kappa shape index (κ1) is 92.6. The molecule has 22 nitrogen and oxygen atoms in total. The van der Waals surface area contributed by atoms with Gasteiger partial charge < -0.3 is 62.9 Å². The van der Waals surface area contributed by atoms with Crippen LogP contribution in [0.5, 0.6) is 28.7 Å². The van der Waals surface area contributed by atoms with Crippen LogP contribution in [0.15, 0.2) is 148 Å². The first-order valence-corrected chi connectivity index (χ1v) is 34.6. The van der Waals surface area contributed by atoms with E-state index in [4.69, 9.17) is 38.7 Å². The first-order valence-electron chi connectivity index (χ1n) is 31.9. The van der Waals surface area contributed by atoms with Gasteiger partial charge in [0.25, 0.3) is 5.91 Å². The summed E-state index contributed by atoms with van der Waals surface area (Å²) in [7, 11) is 8.67. The Labute approximate surface area is 661 Å². The molecule has 4 atom stereocenters. The van der Waals surface area contributed by atoms with Crippen LogP contribution in [0.4, 0.5) is 0 Å². The lowest BCUT2D eigenvalue weighted by atomic mass is 10.0. The maximum atomic E-state index is 12.9. The van der Waals surface area contributed by atoms with Gasteiger partial charge in [-0.05, 0) is 147 Å². The van der Waals surface area contributed by atoms with Gasteiger partial charge in [-0.3, -0.25) is 19.6 Å². The average molecular weight is 1710 g/mol. The zero-order valence-corrected chi connectivity index (χ0v) is 68.3. The van der Waals surface area contributed by atoms with E-state index >= 15 is 0 Å². The van der Waals surface area contributed by atoms with Crippen LogP contribution in [0.1, 0.15) is 125 Å². The molecule has 3 heterocycles. The van der Waals surface area contributed by atoms with Crippen molar-refractivity contribution in [2.24, 2.45) is 5.92 Å². The number of fused-ring (bicyclic) bond motifs is 3. The van der Waals surface area contributed by atoms with E-state index in [9.17, 15) is 33.6 Å². The number of halogens is 3. The van der Waals surface area contributed by atoms with Gasteiger partial charge >= 0.3 is 23.9 Å². The maximum Gasteiger partial charge on any atom is 0.337 e. The molecule has 10 rings (SSSR count). The van der Waals surface area contributed by atoms with E-state index < -0.39 is 11.9 Å². The van der Waals surface area contributed by atoms with Crippen molar-refractivity contribution in [3.8, 4) is 28.7 Å². The fraction of sp³-hybridized carbons (Fsp3) is 0.347. The number of nitrogens with zero attached hydrogens (tertiary/aromatic N) is 2. The van der Waals surface area contributed by atoms with Gasteiger partial charge in [-0.25, -0.2) is 24.7 Å². The summed E-state index contributed by atoms with van der Waals surface area (Å²) in [5, 5.41) is 21.8. The molecule has 3 aliphatic rings. The quantitative estimate of drug-likeness (QED) is 0.0230. The van der Waals surface area contributed by atoms with Crippen molar-refractivity contribution in [1.29, 1.82) is 0 Å². The van der Waals surface area contributed by atoms with E-state index in [0.29, 0.717) is 90.6 Å². The Morgan fingerprint density at radius 2 is 0.885 bits per heavy atom. The molecule has 566 valence electrons. The molecular formula is C75H93Br3N4O18S4. The van der Waals surface area contributed by atoms with Crippen LogP contribution in [0.25, 0.3) is 0 Å². The molecule has 4 N–H and O–H groups in total. The van der Waals surface area contributed by atoms with Crippen molar-refractivity contribution >= 4 is 143 Å². The molecule has 3 aliphatic heterocycles. The summed E-state index contributed by atoms with van der Waals surface area (Å²) in [5.41, 5.74) is 10.8. The topological polar surface area (TPSA) is 274 Å². The summed E-state index contributed by atoms with van der Waals surface area (Å²) in [6.45, 7) is 11.1. The summed E-state index contributed by atoms with van der Waals surface area (Å²) in [4.78, 5) is 86.4. The molecule has 0 radical (unpaired) electrons. The Morgan fingerprint density at radius 1 is 0.519 bits per heavy atom. The standard InChI is InChI=1S/C21H23NO5.C20H22N2O5.C13H17BrO3.C12H15NO3.C9H8Br2O2.4H2S/c1-14-13-27-19-11-16(21(24)26-3)6-7-17(19)12-22(14)20(23)10-15-4-8-18(25-2)9-5-15;1-13-12-27-18-10-15(20(24)21-25)5-6-16(18)11-22(13)19(23)9-14-3-7-17(26-2)8-4-14;1-9(8-15)3-4-10-5-6-11(7-12(10)14)13(16)17-2;1-8-7-16-11-5-9(12(14)15-2)3-4-10(11)6-13-8;1-13-9(12)6-2-3-7(5-10)8(11)4-6;;;;/h4-9,11,14H,10,12-13H2,1-3H3;3-8,10,13,25H,9,11-12H2,1-2H3,(H,21,24);5-7,9,15H,3-4,8H2,1-2H3;3-5,8,13H,6-7H2,1-2H3;2-4H,5H2,1H3;4*1H2/t14-;13-;9-;8-;;;;;/m0010...../s1. The molecule has 0 spiro atoms. The summed E-state index contributed by atoms with van der Waals surface area (Å²) in [6, 6.07) is 41.3. The van der Waals surface area contributed by atoms with Gasteiger partial charge in [0.1, 0.15) is 48.6 Å². The SMILES string of the molecule is COC(=O)c1ccc(CBr)c(Br)c1.COC(=O)c1ccc(CC[C@@H](C)CO)c(Br)c1.COC(=O)c1ccc2c(c1)OC[C@H](C)N(C(=O)Cc1ccc(OC)cc1)C2.COC(=O)c1ccc2c(c1)OC[C@H](C)NC2.COc1ccc(CC(=O)N2Cc3ccc(C(=O)NO)cc3OC[C@@H]2C)cc1.S.S.S.S. The number of carbonyl (C=O) groups excluding carboxylic acids is 7. The number of aliphatic hydroxyl groups is 1. The van der Waals surface area contributed by atoms with E-state index in [-0.39, 0.29) is 109 Å². The third-order valence-electron chi connectivity index (χ3n) is 16.2. The van der Waals surface area contributed by atoms with Crippen molar-refractivity contribution in [2.75, 3.05) is 69.1 Å². The average Bonchev–Trinajstić information content (AvgIpc) is 1.24. The number of ether oxygens (including phenoxy) is 9. The highest BCUT2D eigenvalue weighted by Gasteiger charge is 2.29. The minimum Gasteiger partial charge on any atom is -0.497 e. The van der Waals surface area contributed by atoms with E-state index in [1.165, 1.54) is 28.4 Å². The molecule has 0 saturated heterocycles. The highest BCUT2D eigenvalue weighted by molar-refractivity contribution is 9.11. The number of nitrogens with one attached hydrogen (secondary N) is 2. The molecular weight excluding hydrogens is 1610 g/mol. The number of rotatable bonds is 16. The summed E-state index contributed by atoms with van der Waals surface area (Å²) in [6.07, 6.45) is 2.40. The molecule has 0 aromatic heterocycles. The highest BCUT2D eigenvalue weighted by Crippen LogP contribution is 2.31. The van der Waals surface area contributed by atoms with Crippen molar-refractivity contribution in [1.82, 2.24) is 20.6 Å². The number of aliphatic hydroxyl groups excluding tert-OH is 1. The lowest BCUT2D eigenvalue weighted by Crippen LogP contribution is -2.40. The second-order valence-electron chi connectivity index (χ2n) is 23.5. The largest absolute Gasteiger partial charge is 0.497 e. The van der Waals surface area contributed by atoms with Gasteiger partial charge in [0, 0.05) is 68.8 Å². The van der Waals surface area contributed by atoms with Crippen LogP contribution in [-0.4, -0.2) is 149 Å². The third kappa shape index (κ3) is 27.8. The number of alkyl halides is 1. The Kier molecular flexibility index (Phi) is 42.0. The number of hydrogen-bond acceptors (Lipinski definition) is 19. The van der Waals surface area contributed by atoms with Crippen LogP contribution in [0.2, 0.25) is 0 Å². The van der Waals surface area contributed by atoms with Crippen molar-refractivity contribution < 1.29 is 86.5 Å². The lowest BCUT2D eigenvalue weighted by Gasteiger charge is -2.26. The van der Waals surface area contributed by atoms with E-state index in [1.807, 2.05) is 98.5 Å². The van der Waals surface area contributed by atoms with Crippen LogP contribution >= 0.6 is 102 Å². The molecule has 0 fully saturated rings. The Hall–Kier alpha value is -7.45. The van der Waals surface area contributed by atoms with Crippen molar-refractivity contribution in [2.45, 2.75) is 96.5 Å². The Bertz CT molecular complexity index is 3800. The van der Waals surface area contributed by atoms with Gasteiger partial charge in [-0.1, -0.05) is 109 Å². The second kappa shape index (κ2) is 47.2. The molecule has 7 aromatic rings.